The summed E-state index contributed by atoms with van der Waals surface area (Å²) in [5.41, 5.74) is 1.03. The number of halogens is 1. The van der Waals surface area contributed by atoms with Crippen molar-refractivity contribution < 1.29 is 0 Å². The molecule has 2 heterocycles. The molecule has 74 valence electrons. The van der Waals surface area contributed by atoms with Crippen molar-refractivity contribution in [3.8, 4) is 0 Å². The van der Waals surface area contributed by atoms with Crippen LogP contribution in [0.5, 0.6) is 0 Å². The van der Waals surface area contributed by atoms with Crippen LogP contribution in [-0.4, -0.2) is 9.78 Å². The molecule has 0 aliphatic rings. The van der Waals surface area contributed by atoms with E-state index in [0.29, 0.717) is 0 Å². The van der Waals surface area contributed by atoms with Gasteiger partial charge in [-0.25, -0.2) is 0 Å². The van der Waals surface area contributed by atoms with Crippen LogP contribution < -0.4 is 5.32 Å². The van der Waals surface area contributed by atoms with Gasteiger partial charge in [0.2, 0.25) is 0 Å². The van der Waals surface area contributed by atoms with E-state index >= 15 is 0 Å². The third-order valence-electron chi connectivity index (χ3n) is 1.80. The number of aromatic nitrogens is 2. The summed E-state index contributed by atoms with van der Waals surface area (Å²) in [5.74, 6) is 0. The summed E-state index contributed by atoms with van der Waals surface area (Å²) in [6, 6.07) is 3.93. The SMILES string of the molecule is Cn1cc(NCc2ccc(Cl)s2)cn1. The van der Waals surface area contributed by atoms with E-state index in [1.165, 1.54) is 4.88 Å². The first kappa shape index (κ1) is 9.55. The van der Waals surface area contributed by atoms with Gasteiger partial charge in [-0.1, -0.05) is 11.6 Å². The van der Waals surface area contributed by atoms with E-state index in [1.54, 1.807) is 22.2 Å². The summed E-state index contributed by atoms with van der Waals surface area (Å²) in [5, 5.41) is 7.33. The molecular weight excluding hydrogens is 218 g/mol. The maximum absolute atomic E-state index is 5.82. The molecule has 0 atom stereocenters. The van der Waals surface area contributed by atoms with Crippen LogP contribution in [0.15, 0.2) is 24.5 Å². The van der Waals surface area contributed by atoms with Crippen LogP contribution in [-0.2, 0) is 13.6 Å². The van der Waals surface area contributed by atoms with E-state index < -0.39 is 0 Å². The lowest BCUT2D eigenvalue weighted by molar-refractivity contribution is 0.768. The van der Waals surface area contributed by atoms with Gasteiger partial charge < -0.3 is 5.32 Å². The summed E-state index contributed by atoms with van der Waals surface area (Å²) in [6.07, 6.45) is 3.74. The van der Waals surface area contributed by atoms with Crippen LogP contribution in [0.3, 0.4) is 0 Å². The second kappa shape index (κ2) is 4.02. The van der Waals surface area contributed by atoms with Gasteiger partial charge in [-0.2, -0.15) is 5.10 Å². The van der Waals surface area contributed by atoms with Gasteiger partial charge in [-0.3, -0.25) is 4.68 Å². The van der Waals surface area contributed by atoms with Gasteiger partial charge in [-0.15, -0.1) is 11.3 Å². The number of rotatable bonds is 3. The van der Waals surface area contributed by atoms with Gasteiger partial charge in [0.25, 0.3) is 0 Å². The molecule has 0 aliphatic heterocycles. The lowest BCUT2D eigenvalue weighted by atomic mass is 10.4. The highest BCUT2D eigenvalue weighted by atomic mass is 35.5. The molecule has 5 heteroatoms. The Morgan fingerprint density at radius 1 is 1.57 bits per heavy atom. The van der Waals surface area contributed by atoms with Crippen LogP contribution in [0, 0.1) is 0 Å². The maximum atomic E-state index is 5.82. The highest BCUT2D eigenvalue weighted by Crippen LogP contribution is 2.22. The molecule has 1 N–H and O–H groups in total. The van der Waals surface area contributed by atoms with Crippen LogP contribution >= 0.6 is 22.9 Å². The summed E-state index contributed by atoms with van der Waals surface area (Å²) in [7, 11) is 1.90. The Morgan fingerprint density at radius 3 is 3.00 bits per heavy atom. The summed E-state index contributed by atoms with van der Waals surface area (Å²) >= 11 is 7.41. The molecule has 0 bridgehead atoms. The molecule has 0 aromatic carbocycles. The number of hydrogen-bond acceptors (Lipinski definition) is 3. The van der Waals surface area contributed by atoms with Crippen LogP contribution in [0.2, 0.25) is 4.34 Å². The molecule has 0 fully saturated rings. The number of hydrogen-bond donors (Lipinski definition) is 1. The van der Waals surface area contributed by atoms with E-state index in [2.05, 4.69) is 10.4 Å². The first-order chi connectivity index (χ1) is 6.74. The normalized spacial score (nSPS) is 10.4. The Hall–Kier alpha value is -1.00. The van der Waals surface area contributed by atoms with E-state index in [1.807, 2.05) is 25.4 Å². The average Bonchev–Trinajstić information content (AvgIpc) is 2.72. The summed E-state index contributed by atoms with van der Waals surface area (Å²) in [6.45, 7) is 0.795. The van der Waals surface area contributed by atoms with Gasteiger partial charge in [-0.05, 0) is 12.1 Å². The van der Waals surface area contributed by atoms with Crippen molar-refractivity contribution in [2.45, 2.75) is 6.54 Å². The van der Waals surface area contributed by atoms with Crippen LogP contribution in [0.25, 0.3) is 0 Å². The molecule has 0 saturated carbocycles. The highest BCUT2D eigenvalue weighted by molar-refractivity contribution is 7.16. The molecule has 2 aromatic heterocycles. The van der Waals surface area contributed by atoms with Crippen molar-refractivity contribution in [2.24, 2.45) is 7.05 Å². The topological polar surface area (TPSA) is 29.9 Å². The van der Waals surface area contributed by atoms with Crippen LogP contribution in [0.4, 0.5) is 5.69 Å². The molecule has 14 heavy (non-hydrogen) atoms. The molecular formula is C9H10ClN3S. The molecule has 2 aromatic rings. The minimum absolute atomic E-state index is 0.795. The third kappa shape index (κ3) is 2.27. The van der Waals surface area contributed by atoms with Gasteiger partial charge in [0.15, 0.2) is 0 Å². The molecule has 0 amide bonds. The van der Waals surface area contributed by atoms with E-state index in [-0.39, 0.29) is 0 Å². The van der Waals surface area contributed by atoms with Crippen molar-refractivity contribution in [1.29, 1.82) is 0 Å². The third-order valence-corrected chi connectivity index (χ3v) is 3.03. The Labute approximate surface area is 91.3 Å². The number of anilines is 1. The van der Waals surface area contributed by atoms with Crippen LogP contribution in [0.1, 0.15) is 4.88 Å². The smallest absolute Gasteiger partial charge is 0.0931 e. The zero-order valence-electron chi connectivity index (χ0n) is 7.70. The molecule has 3 nitrogen and oxygen atoms in total. The average molecular weight is 228 g/mol. The second-order valence-corrected chi connectivity index (χ2v) is 4.76. The monoisotopic (exact) mass is 227 g/mol. The van der Waals surface area contributed by atoms with Gasteiger partial charge >= 0.3 is 0 Å². The van der Waals surface area contributed by atoms with Crippen molar-refractivity contribution in [3.05, 3.63) is 33.7 Å². The van der Waals surface area contributed by atoms with E-state index in [9.17, 15) is 0 Å². The number of nitrogens with one attached hydrogen (secondary N) is 1. The fourth-order valence-electron chi connectivity index (χ4n) is 1.15. The predicted molar refractivity (Wildman–Crippen MR) is 59.9 cm³/mol. The Kier molecular flexibility index (Phi) is 2.74. The number of nitrogens with zero attached hydrogens (tertiary/aromatic N) is 2. The first-order valence-corrected chi connectivity index (χ1v) is 5.40. The zero-order chi connectivity index (χ0) is 9.97. The Balaban J connectivity index is 1.94. The maximum Gasteiger partial charge on any atom is 0.0931 e. The van der Waals surface area contributed by atoms with E-state index in [0.717, 1.165) is 16.6 Å². The van der Waals surface area contributed by atoms with Gasteiger partial charge in [0.1, 0.15) is 0 Å². The highest BCUT2D eigenvalue weighted by Gasteiger charge is 1.98. The quantitative estimate of drug-likeness (QED) is 0.874. The number of aryl methyl sites for hydroxylation is 1. The molecule has 0 saturated heterocycles. The van der Waals surface area contributed by atoms with Crippen molar-refractivity contribution in [3.63, 3.8) is 0 Å². The molecule has 0 spiro atoms. The van der Waals surface area contributed by atoms with Crippen molar-refractivity contribution in [2.75, 3.05) is 5.32 Å². The molecule has 0 unspecified atom stereocenters. The molecule has 0 aliphatic carbocycles. The lowest BCUT2D eigenvalue weighted by Gasteiger charge is -1.99. The largest absolute Gasteiger partial charge is 0.378 e. The van der Waals surface area contributed by atoms with Crippen molar-refractivity contribution in [1.82, 2.24) is 9.78 Å². The Bertz CT molecular complexity index is 381. The lowest BCUT2D eigenvalue weighted by Crippen LogP contribution is -1.95. The Morgan fingerprint density at radius 2 is 2.43 bits per heavy atom. The van der Waals surface area contributed by atoms with Gasteiger partial charge in [0.05, 0.1) is 16.2 Å². The first-order valence-electron chi connectivity index (χ1n) is 4.21. The number of thiophene rings is 1. The standard InChI is InChI=1S/C9H10ClN3S/c1-13-6-7(4-12-13)11-5-8-2-3-9(10)14-8/h2-4,6,11H,5H2,1H3. The molecule has 0 radical (unpaired) electrons. The molecule has 2 rings (SSSR count). The zero-order valence-corrected chi connectivity index (χ0v) is 9.27. The minimum Gasteiger partial charge on any atom is -0.378 e. The second-order valence-electron chi connectivity index (χ2n) is 2.96. The fourth-order valence-corrected chi connectivity index (χ4v) is 2.18. The van der Waals surface area contributed by atoms with E-state index in [4.69, 9.17) is 11.6 Å². The van der Waals surface area contributed by atoms with Gasteiger partial charge in [0, 0.05) is 24.7 Å². The fraction of sp³-hybridized carbons (Fsp3) is 0.222. The van der Waals surface area contributed by atoms with Crippen molar-refractivity contribution >= 4 is 28.6 Å². The minimum atomic E-state index is 0.795. The predicted octanol–water partition coefficient (Wildman–Crippen LogP) is 2.75. The summed E-state index contributed by atoms with van der Waals surface area (Å²) < 4.78 is 2.59. The summed E-state index contributed by atoms with van der Waals surface area (Å²) in [4.78, 5) is 1.22.